The maximum absolute atomic E-state index is 12.8. The summed E-state index contributed by atoms with van der Waals surface area (Å²) in [6.45, 7) is 3.30. The Morgan fingerprint density at radius 2 is 1.80 bits per heavy atom. The van der Waals surface area contributed by atoms with Crippen molar-refractivity contribution in [3.8, 4) is 0 Å². The molecule has 2 fully saturated rings. The van der Waals surface area contributed by atoms with Crippen LogP contribution in [0.15, 0.2) is 42.5 Å². The monoisotopic (exact) mass is 443 g/mol. The number of carbonyl (C=O) groups is 1. The highest BCUT2D eigenvalue weighted by molar-refractivity contribution is 6.33. The Labute approximate surface area is 188 Å². The van der Waals surface area contributed by atoms with E-state index in [0.29, 0.717) is 22.6 Å². The van der Waals surface area contributed by atoms with Gasteiger partial charge in [-0.3, -0.25) is 9.69 Å². The summed E-state index contributed by atoms with van der Waals surface area (Å²) >= 11 is 12.7. The molecule has 0 amide bonds. The van der Waals surface area contributed by atoms with E-state index < -0.39 is 5.66 Å². The Morgan fingerprint density at radius 1 is 1.00 bits per heavy atom. The van der Waals surface area contributed by atoms with E-state index in [0.717, 1.165) is 44.5 Å². The molecule has 3 aliphatic rings. The lowest BCUT2D eigenvalue weighted by molar-refractivity contribution is -0.121. The van der Waals surface area contributed by atoms with Gasteiger partial charge in [-0.2, -0.15) is 0 Å². The van der Waals surface area contributed by atoms with Crippen molar-refractivity contribution in [1.82, 2.24) is 4.90 Å². The van der Waals surface area contributed by atoms with Gasteiger partial charge in [0.25, 0.3) is 0 Å². The SMILES string of the molecule is O=C[C@@]1(N2CCN(C3CC3)c3ccccc32)CCCCN1Cc1cc(Cl)ccc1Cl. The van der Waals surface area contributed by atoms with Gasteiger partial charge < -0.3 is 9.80 Å². The van der Waals surface area contributed by atoms with Crippen LogP contribution in [0, 0.1) is 0 Å². The summed E-state index contributed by atoms with van der Waals surface area (Å²) in [5.41, 5.74) is 2.75. The van der Waals surface area contributed by atoms with Gasteiger partial charge in [-0.25, -0.2) is 0 Å². The second-order valence-electron chi connectivity index (χ2n) is 8.68. The van der Waals surface area contributed by atoms with Gasteiger partial charge >= 0.3 is 0 Å². The van der Waals surface area contributed by atoms with Crippen molar-refractivity contribution in [2.45, 2.75) is 50.4 Å². The van der Waals surface area contributed by atoms with Crippen molar-refractivity contribution >= 4 is 40.9 Å². The van der Waals surface area contributed by atoms with Crippen molar-refractivity contribution in [2.24, 2.45) is 0 Å². The number of para-hydroxylation sites is 2. The van der Waals surface area contributed by atoms with Crippen LogP contribution in [-0.4, -0.2) is 42.5 Å². The Hall–Kier alpha value is -1.75. The van der Waals surface area contributed by atoms with Crippen LogP contribution in [-0.2, 0) is 11.3 Å². The number of anilines is 2. The molecule has 2 heterocycles. The normalized spacial score (nSPS) is 24.6. The van der Waals surface area contributed by atoms with Crippen LogP contribution in [0.25, 0.3) is 0 Å². The minimum absolute atomic E-state index is 0.614. The number of fused-ring (bicyclic) bond motifs is 1. The number of hydrogen-bond donors (Lipinski definition) is 0. The summed E-state index contributed by atoms with van der Waals surface area (Å²) < 4.78 is 0. The number of aldehydes is 1. The molecule has 0 N–H and O–H groups in total. The van der Waals surface area contributed by atoms with Crippen molar-refractivity contribution < 1.29 is 4.79 Å². The molecule has 0 aromatic heterocycles. The van der Waals surface area contributed by atoms with Crippen molar-refractivity contribution in [1.29, 1.82) is 0 Å². The largest absolute Gasteiger partial charge is 0.365 e. The van der Waals surface area contributed by atoms with Gasteiger partial charge in [0.1, 0.15) is 0 Å². The topological polar surface area (TPSA) is 26.8 Å². The molecule has 1 saturated carbocycles. The third-order valence-electron chi connectivity index (χ3n) is 6.83. The first-order chi connectivity index (χ1) is 14.6. The van der Waals surface area contributed by atoms with Gasteiger partial charge in [-0.1, -0.05) is 35.3 Å². The molecule has 0 spiro atoms. The zero-order valence-corrected chi connectivity index (χ0v) is 18.6. The fourth-order valence-corrected chi connectivity index (χ4v) is 5.55. The number of benzene rings is 2. The van der Waals surface area contributed by atoms with E-state index in [9.17, 15) is 4.79 Å². The molecule has 0 bridgehead atoms. The Balaban J connectivity index is 1.53. The number of hydrogen-bond acceptors (Lipinski definition) is 4. The molecule has 1 atom stereocenters. The maximum atomic E-state index is 12.8. The highest BCUT2D eigenvalue weighted by Gasteiger charge is 2.47. The first-order valence-corrected chi connectivity index (χ1v) is 11.7. The summed E-state index contributed by atoms with van der Waals surface area (Å²) in [7, 11) is 0. The summed E-state index contributed by atoms with van der Waals surface area (Å²) in [4.78, 5) is 20.0. The van der Waals surface area contributed by atoms with Crippen LogP contribution in [0.5, 0.6) is 0 Å². The summed E-state index contributed by atoms with van der Waals surface area (Å²) in [5.74, 6) is 0. The van der Waals surface area contributed by atoms with Crippen LogP contribution in [0.4, 0.5) is 11.4 Å². The molecule has 1 saturated heterocycles. The van der Waals surface area contributed by atoms with Crippen LogP contribution >= 0.6 is 23.2 Å². The predicted octanol–water partition coefficient (Wildman–Crippen LogP) is 5.36. The van der Waals surface area contributed by atoms with Gasteiger partial charge in [0.05, 0.1) is 11.4 Å². The molecule has 5 rings (SSSR count). The second kappa shape index (κ2) is 8.07. The number of nitrogens with zero attached hydrogens (tertiary/aromatic N) is 3. The lowest BCUT2D eigenvalue weighted by atomic mass is 9.91. The number of carbonyl (C=O) groups excluding carboxylic acids is 1. The van der Waals surface area contributed by atoms with Crippen molar-refractivity contribution in [3.05, 3.63) is 58.1 Å². The summed E-state index contributed by atoms with van der Waals surface area (Å²) in [6.07, 6.45) is 6.67. The molecule has 158 valence electrons. The number of rotatable bonds is 5. The molecule has 2 aromatic carbocycles. The smallest absolute Gasteiger partial charge is 0.160 e. The fourth-order valence-electron chi connectivity index (χ4n) is 5.18. The fraction of sp³-hybridized carbons (Fsp3) is 0.458. The number of likely N-dealkylation sites (tertiary alicyclic amines) is 1. The molecule has 0 radical (unpaired) electrons. The standard InChI is InChI=1S/C24H27Cl2N3O/c25-19-7-10-21(26)18(15-19)16-27-12-4-3-11-24(27,17-30)29-14-13-28(20-8-9-20)22-5-1-2-6-23(22)29/h1-2,5-7,10,15,17,20H,3-4,8-9,11-14,16H2/t24-/m0/s1. The highest BCUT2D eigenvalue weighted by atomic mass is 35.5. The quantitative estimate of drug-likeness (QED) is 0.580. The molecule has 2 aliphatic heterocycles. The van der Waals surface area contributed by atoms with Gasteiger partial charge in [0.15, 0.2) is 11.9 Å². The van der Waals surface area contributed by atoms with Crippen molar-refractivity contribution in [3.63, 3.8) is 0 Å². The molecule has 0 unspecified atom stereocenters. The lowest BCUT2D eigenvalue weighted by Gasteiger charge is -2.54. The average molecular weight is 444 g/mol. The molecular formula is C24H27Cl2N3O. The van der Waals surface area contributed by atoms with Crippen LogP contribution in [0.2, 0.25) is 10.0 Å². The molecule has 2 aromatic rings. The molecular weight excluding hydrogens is 417 g/mol. The Bertz CT molecular complexity index is 948. The van der Waals surface area contributed by atoms with E-state index in [1.807, 2.05) is 18.2 Å². The molecule has 6 heteroatoms. The van der Waals surface area contributed by atoms with Gasteiger partial charge in [0, 0.05) is 42.3 Å². The molecule has 4 nitrogen and oxygen atoms in total. The van der Waals surface area contributed by atoms with Crippen LogP contribution in [0.3, 0.4) is 0 Å². The van der Waals surface area contributed by atoms with E-state index in [2.05, 4.69) is 39.0 Å². The Morgan fingerprint density at radius 3 is 2.57 bits per heavy atom. The molecule has 30 heavy (non-hydrogen) atoms. The summed E-state index contributed by atoms with van der Waals surface area (Å²) in [6, 6.07) is 14.8. The van der Waals surface area contributed by atoms with Crippen LogP contribution in [0.1, 0.15) is 37.7 Å². The van der Waals surface area contributed by atoms with Gasteiger partial charge in [0.2, 0.25) is 0 Å². The second-order valence-corrected chi connectivity index (χ2v) is 9.52. The van der Waals surface area contributed by atoms with E-state index in [4.69, 9.17) is 23.2 Å². The third kappa shape index (κ3) is 3.49. The molecule has 1 aliphatic carbocycles. The van der Waals surface area contributed by atoms with E-state index in [1.165, 1.54) is 30.5 Å². The number of piperidine rings is 1. The van der Waals surface area contributed by atoms with E-state index in [1.54, 1.807) is 0 Å². The zero-order chi connectivity index (χ0) is 20.7. The number of halogens is 2. The minimum Gasteiger partial charge on any atom is -0.365 e. The lowest BCUT2D eigenvalue weighted by Crippen LogP contribution is -2.66. The predicted molar refractivity (Wildman–Crippen MR) is 124 cm³/mol. The zero-order valence-electron chi connectivity index (χ0n) is 17.1. The maximum Gasteiger partial charge on any atom is 0.160 e. The van der Waals surface area contributed by atoms with E-state index in [-0.39, 0.29) is 0 Å². The Kier molecular flexibility index (Phi) is 5.42. The summed E-state index contributed by atoms with van der Waals surface area (Å²) in [5, 5.41) is 1.37. The van der Waals surface area contributed by atoms with E-state index >= 15 is 0 Å². The van der Waals surface area contributed by atoms with Gasteiger partial charge in [-0.05, 0) is 68.0 Å². The van der Waals surface area contributed by atoms with Crippen molar-refractivity contribution in [2.75, 3.05) is 29.4 Å². The average Bonchev–Trinajstić information content (AvgIpc) is 3.61. The third-order valence-corrected chi connectivity index (χ3v) is 7.43. The first-order valence-electron chi connectivity index (χ1n) is 10.9. The minimum atomic E-state index is -0.657. The highest BCUT2D eigenvalue weighted by Crippen LogP contribution is 2.45. The van der Waals surface area contributed by atoms with Crippen LogP contribution < -0.4 is 9.80 Å². The first kappa shape index (κ1) is 20.2. The van der Waals surface area contributed by atoms with Gasteiger partial charge in [-0.15, -0.1) is 0 Å².